The molecule has 0 saturated carbocycles. The number of nitrogens with zero attached hydrogens (tertiary/aromatic N) is 4. The quantitative estimate of drug-likeness (QED) is 0.425. The van der Waals surface area contributed by atoms with Crippen LogP contribution in [-0.4, -0.2) is 27.9 Å². The van der Waals surface area contributed by atoms with Crippen LogP contribution in [0.3, 0.4) is 0 Å². The maximum absolute atomic E-state index is 6.07. The third-order valence-corrected chi connectivity index (χ3v) is 5.80. The molecule has 6 nitrogen and oxygen atoms in total. The molecular formula is C23H18N4O2S. The van der Waals surface area contributed by atoms with Gasteiger partial charge in [0.2, 0.25) is 11.8 Å². The molecule has 148 valence electrons. The van der Waals surface area contributed by atoms with Gasteiger partial charge in [-0.3, -0.25) is 0 Å². The zero-order valence-electron chi connectivity index (χ0n) is 16.2. The van der Waals surface area contributed by atoms with Crippen LogP contribution in [0.15, 0.2) is 84.1 Å². The second-order valence-electron chi connectivity index (χ2n) is 6.54. The smallest absolute Gasteiger partial charge is 0.246 e. The molecule has 0 radical (unpaired) electrons. The largest absolute Gasteiger partial charge is 0.481 e. The second-order valence-corrected chi connectivity index (χ2v) is 7.52. The number of pyridine rings is 1. The average molecular weight is 414 g/mol. The number of hydrogen-bond donors (Lipinski definition) is 0. The highest BCUT2D eigenvalue weighted by Gasteiger charge is 2.21. The number of rotatable bonds is 5. The Kier molecular flexibility index (Phi) is 4.94. The molecule has 0 fully saturated rings. The van der Waals surface area contributed by atoms with Crippen LogP contribution < -0.4 is 14.4 Å². The van der Waals surface area contributed by atoms with E-state index in [2.05, 4.69) is 56.3 Å². The molecule has 7 heteroatoms. The molecule has 0 amide bonds. The van der Waals surface area contributed by atoms with Gasteiger partial charge >= 0.3 is 0 Å². The van der Waals surface area contributed by atoms with E-state index in [9.17, 15) is 0 Å². The summed E-state index contributed by atoms with van der Waals surface area (Å²) in [7, 11) is 1.58. The zero-order chi connectivity index (χ0) is 20.3. The Morgan fingerprint density at radius 3 is 2.50 bits per heavy atom. The van der Waals surface area contributed by atoms with Gasteiger partial charge in [-0.15, -0.1) is 11.8 Å². The molecule has 0 aliphatic carbocycles. The fourth-order valence-electron chi connectivity index (χ4n) is 3.34. The van der Waals surface area contributed by atoms with E-state index in [0.717, 1.165) is 17.1 Å². The third kappa shape index (κ3) is 3.44. The molecule has 0 atom stereocenters. The number of aromatic nitrogens is 3. The summed E-state index contributed by atoms with van der Waals surface area (Å²) in [6.45, 7) is 0. The van der Waals surface area contributed by atoms with E-state index in [-0.39, 0.29) is 0 Å². The van der Waals surface area contributed by atoms with Gasteiger partial charge in [0.05, 0.1) is 24.2 Å². The van der Waals surface area contributed by atoms with Crippen molar-refractivity contribution in [1.29, 1.82) is 0 Å². The fraction of sp³-hybridized carbons (Fsp3) is 0.0870. The van der Waals surface area contributed by atoms with Gasteiger partial charge in [0.15, 0.2) is 0 Å². The van der Waals surface area contributed by atoms with Crippen molar-refractivity contribution in [2.24, 2.45) is 0 Å². The van der Waals surface area contributed by atoms with Gasteiger partial charge in [-0.1, -0.05) is 12.1 Å². The lowest BCUT2D eigenvalue weighted by Crippen LogP contribution is -2.11. The highest BCUT2D eigenvalue weighted by Crippen LogP contribution is 2.43. The second kappa shape index (κ2) is 8.04. The van der Waals surface area contributed by atoms with Gasteiger partial charge in [0.1, 0.15) is 11.4 Å². The Morgan fingerprint density at radius 1 is 0.833 bits per heavy atom. The van der Waals surface area contributed by atoms with E-state index in [1.807, 2.05) is 36.0 Å². The molecule has 0 spiro atoms. The number of anilines is 2. The van der Waals surface area contributed by atoms with Gasteiger partial charge in [0, 0.05) is 29.2 Å². The SMILES string of the molecule is COc1ncccc1-c1nccnc1Oc1ccc(N2CSc3ccccc32)cc1. The Morgan fingerprint density at radius 2 is 1.63 bits per heavy atom. The molecule has 0 N–H and O–H groups in total. The number of fused-ring (bicyclic) bond motifs is 1. The maximum Gasteiger partial charge on any atom is 0.246 e. The Labute approximate surface area is 178 Å². The number of benzene rings is 2. The lowest BCUT2D eigenvalue weighted by atomic mass is 10.2. The summed E-state index contributed by atoms with van der Waals surface area (Å²) in [4.78, 5) is 16.6. The Bertz CT molecular complexity index is 1180. The summed E-state index contributed by atoms with van der Waals surface area (Å²) in [6, 6.07) is 20.1. The summed E-state index contributed by atoms with van der Waals surface area (Å²) in [5, 5.41) is 0. The van der Waals surface area contributed by atoms with Crippen LogP contribution in [0.1, 0.15) is 0 Å². The van der Waals surface area contributed by atoms with Crippen LogP contribution in [0.4, 0.5) is 11.4 Å². The molecule has 5 rings (SSSR count). The first-order chi connectivity index (χ1) is 14.8. The topological polar surface area (TPSA) is 60.4 Å². The molecule has 30 heavy (non-hydrogen) atoms. The molecule has 2 aromatic carbocycles. The van der Waals surface area contributed by atoms with Crippen molar-refractivity contribution < 1.29 is 9.47 Å². The number of hydrogen-bond acceptors (Lipinski definition) is 7. The Balaban J connectivity index is 1.42. The predicted octanol–water partition coefficient (Wildman–Crippen LogP) is 5.54. The molecule has 4 aromatic rings. The van der Waals surface area contributed by atoms with Gasteiger partial charge in [0.25, 0.3) is 0 Å². The monoisotopic (exact) mass is 414 g/mol. The highest BCUT2D eigenvalue weighted by atomic mass is 32.2. The minimum absolute atomic E-state index is 0.402. The van der Waals surface area contributed by atoms with Gasteiger partial charge in [-0.05, 0) is 48.5 Å². The van der Waals surface area contributed by atoms with Crippen LogP contribution in [0.5, 0.6) is 17.5 Å². The zero-order valence-corrected chi connectivity index (χ0v) is 17.0. The van der Waals surface area contributed by atoms with E-state index in [0.29, 0.717) is 23.2 Å². The van der Waals surface area contributed by atoms with Crippen LogP contribution in [-0.2, 0) is 0 Å². The van der Waals surface area contributed by atoms with Crippen molar-refractivity contribution in [2.75, 3.05) is 17.9 Å². The highest BCUT2D eigenvalue weighted by molar-refractivity contribution is 7.99. The number of methoxy groups -OCH3 is 1. The van der Waals surface area contributed by atoms with Gasteiger partial charge in [-0.25, -0.2) is 15.0 Å². The van der Waals surface area contributed by atoms with Crippen molar-refractivity contribution in [3.63, 3.8) is 0 Å². The summed E-state index contributed by atoms with van der Waals surface area (Å²) in [5.74, 6) is 2.46. The lowest BCUT2D eigenvalue weighted by Gasteiger charge is -2.19. The lowest BCUT2D eigenvalue weighted by molar-refractivity contribution is 0.398. The summed E-state index contributed by atoms with van der Waals surface area (Å²) >= 11 is 1.84. The van der Waals surface area contributed by atoms with Crippen molar-refractivity contribution >= 4 is 23.1 Å². The average Bonchev–Trinajstić information content (AvgIpc) is 3.24. The van der Waals surface area contributed by atoms with Crippen LogP contribution in [0.2, 0.25) is 0 Å². The van der Waals surface area contributed by atoms with Crippen molar-refractivity contribution in [1.82, 2.24) is 15.0 Å². The minimum atomic E-state index is 0.402. The molecule has 1 aliphatic heterocycles. The summed E-state index contributed by atoms with van der Waals surface area (Å²) < 4.78 is 11.4. The van der Waals surface area contributed by atoms with Crippen LogP contribution in [0, 0.1) is 0 Å². The molecule has 3 heterocycles. The standard InChI is InChI=1S/C23H18N4O2S/c1-28-22-18(5-4-12-25-22)21-23(26-14-13-24-21)29-17-10-8-16(9-11-17)27-15-30-20-7-3-2-6-19(20)27/h2-14H,15H2,1H3. The van der Waals surface area contributed by atoms with Gasteiger partial charge < -0.3 is 14.4 Å². The summed E-state index contributed by atoms with van der Waals surface area (Å²) in [6.07, 6.45) is 4.90. The first-order valence-electron chi connectivity index (χ1n) is 9.41. The molecule has 2 aromatic heterocycles. The van der Waals surface area contributed by atoms with Crippen molar-refractivity contribution in [3.05, 3.63) is 79.3 Å². The minimum Gasteiger partial charge on any atom is -0.481 e. The number of para-hydroxylation sites is 1. The van der Waals surface area contributed by atoms with Gasteiger partial charge in [-0.2, -0.15) is 0 Å². The van der Waals surface area contributed by atoms with Crippen LogP contribution >= 0.6 is 11.8 Å². The van der Waals surface area contributed by atoms with E-state index in [1.54, 1.807) is 25.7 Å². The number of ether oxygens (including phenoxy) is 2. The first-order valence-corrected chi connectivity index (χ1v) is 10.4. The Hall–Kier alpha value is -3.58. The number of thioether (sulfide) groups is 1. The fourth-order valence-corrected chi connectivity index (χ4v) is 4.40. The normalized spacial score (nSPS) is 12.5. The molecule has 1 aliphatic rings. The third-order valence-electron chi connectivity index (χ3n) is 4.75. The summed E-state index contributed by atoms with van der Waals surface area (Å²) in [5.41, 5.74) is 3.66. The predicted molar refractivity (Wildman–Crippen MR) is 118 cm³/mol. The van der Waals surface area contributed by atoms with E-state index in [1.165, 1.54) is 10.6 Å². The van der Waals surface area contributed by atoms with E-state index >= 15 is 0 Å². The maximum atomic E-state index is 6.07. The van der Waals surface area contributed by atoms with E-state index < -0.39 is 0 Å². The van der Waals surface area contributed by atoms with Crippen molar-refractivity contribution in [3.8, 4) is 28.8 Å². The molecule has 0 saturated heterocycles. The molecule has 0 unspecified atom stereocenters. The van der Waals surface area contributed by atoms with Crippen LogP contribution in [0.25, 0.3) is 11.3 Å². The van der Waals surface area contributed by atoms with E-state index in [4.69, 9.17) is 9.47 Å². The molecule has 0 bridgehead atoms. The first kappa shape index (κ1) is 18.4. The molecular weight excluding hydrogens is 396 g/mol. The van der Waals surface area contributed by atoms with Crippen molar-refractivity contribution in [2.45, 2.75) is 4.90 Å².